The number of anilines is 1. The van der Waals surface area contributed by atoms with Gasteiger partial charge in [-0.05, 0) is 92.4 Å². The average molecular weight is 572 g/mol. The highest BCUT2D eigenvalue weighted by Gasteiger charge is 2.22. The lowest BCUT2D eigenvalue weighted by molar-refractivity contribution is -0.116. The number of sulfone groups is 1. The summed E-state index contributed by atoms with van der Waals surface area (Å²) in [4.78, 5) is 25.1. The van der Waals surface area contributed by atoms with E-state index in [1.54, 1.807) is 55.5 Å². The maximum Gasteiger partial charge on any atom is 0.338 e. The van der Waals surface area contributed by atoms with Crippen molar-refractivity contribution in [2.45, 2.75) is 37.5 Å². The Morgan fingerprint density at radius 3 is 2.07 bits per heavy atom. The number of carbonyl (C=O) groups excluding carboxylic acids is 2. The molecule has 1 unspecified atom stereocenters. The maximum absolute atomic E-state index is 13.2. The van der Waals surface area contributed by atoms with Gasteiger partial charge >= 0.3 is 5.97 Å². The van der Waals surface area contributed by atoms with Crippen LogP contribution in [0.5, 0.6) is 11.5 Å². The Morgan fingerprint density at radius 1 is 0.805 bits per heavy atom. The van der Waals surface area contributed by atoms with Crippen LogP contribution in [0.25, 0.3) is 0 Å². The first-order chi connectivity index (χ1) is 19.7. The van der Waals surface area contributed by atoms with E-state index in [-0.39, 0.29) is 41.9 Å². The number of benzene rings is 4. The lowest BCUT2D eigenvalue weighted by atomic mass is 9.92. The summed E-state index contributed by atoms with van der Waals surface area (Å²) >= 11 is 0. The Bertz CT molecular complexity index is 1550. The van der Waals surface area contributed by atoms with Gasteiger partial charge in [-0.3, -0.25) is 4.79 Å². The average Bonchev–Trinajstić information content (AvgIpc) is 2.97. The smallest absolute Gasteiger partial charge is 0.338 e. The Hall–Kier alpha value is -4.43. The van der Waals surface area contributed by atoms with Gasteiger partial charge in [-0.1, -0.05) is 48.0 Å². The molecule has 1 atom stereocenters. The minimum Gasteiger partial charge on any atom is -0.462 e. The first-order valence-corrected chi connectivity index (χ1v) is 15.1. The number of aryl methyl sites for hydroxylation is 1. The predicted octanol–water partition coefficient (Wildman–Crippen LogP) is 6.94. The molecule has 0 aliphatic rings. The molecular weight excluding hydrogens is 538 g/mol. The van der Waals surface area contributed by atoms with Gasteiger partial charge in [0.2, 0.25) is 5.91 Å². The van der Waals surface area contributed by atoms with Gasteiger partial charge in [-0.2, -0.15) is 0 Å². The second-order valence-corrected chi connectivity index (χ2v) is 11.8. The summed E-state index contributed by atoms with van der Waals surface area (Å²) in [5.41, 5.74) is 2.90. The van der Waals surface area contributed by atoms with Crippen LogP contribution in [0.2, 0.25) is 0 Å². The van der Waals surface area contributed by atoms with E-state index >= 15 is 0 Å². The minimum absolute atomic E-state index is 0.0993. The van der Waals surface area contributed by atoms with Gasteiger partial charge in [-0.15, -0.1) is 0 Å². The van der Waals surface area contributed by atoms with Crippen LogP contribution >= 0.6 is 0 Å². The van der Waals surface area contributed by atoms with Crippen LogP contribution < -0.4 is 10.1 Å². The van der Waals surface area contributed by atoms with E-state index in [0.29, 0.717) is 22.7 Å². The topological polar surface area (TPSA) is 98.8 Å². The summed E-state index contributed by atoms with van der Waals surface area (Å²) in [5.74, 6) is 0.0943. The molecule has 41 heavy (non-hydrogen) atoms. The Kier molecular flexibility index (Phi) is 9.92. The van der Waals surface area contributed by atoms with Crippen molar-refractivity contribution in [2.24, 2.45) is 0 Å². The van der Waals surface area contributed by atoms with Crippen LogP contribution in [0.4, 0.5) is 5.69 Å². The zero-order valence-corrected chi connectivity index (χ0v) is 23.9. The van der Waals surface area contributed by atoms with Gasteiger partial charge in [0.25, 0.3) is 0 Å². The van der Waals surface area contributed by atoms with Gasteiger partial charge in [0.15, 0.2) is 9.84 Å². The zero-order chi connectivity index (χ0) is 29.2. The van der Waals surface area contributed by atoms with Crippen LogP contribution in [0.1, 0.15) is 47.2 Å². The fourth-order valence-electron chi connectivity index (χ4n) is 4.32. The third-order valence-corrected chi connectivity index (χ3v) is 8.32. The highest BCUT2D eigenvalue weighted by Crippen LogP contribution is 2.28. The van der Waals surface area contributed by atoms with Crippen LogP contribution in [0.3, 0.4) is 0 Å². The fraction of sp³-hybridized carbons (Fsp3) is 0.212. The van der Waals surface area contributed by atoms with Gasteiger partial charge in [-0.25, -0.2) is 13.2 Å². The summed E-state index contributed by atoms with van der Waals surface area (Å²) in [6.07, 6.45) is 0.366. The van der Waals surface area contributed by atoms with E-state index < -0.39 is 15.8 Å². The molecule has 0 aliphatic carbocycles. The van der Waals surface area contributed by atoms with E-state index in [1.807, 2.05) is 61.5 Å². The van der Waals surface area contributed by atoms with Crippen molar-refractivity contribution in [1.29, 1.82) is 0 Å². The van der Waals surface area contributed by atoms with E-state index in [4.69, 9.17) is 9.47 Å². The number of esters is 1. The molecule has 1 N–H and O–H groups in total. The Labute approximate surface area is 241 Å². The predicted molar refractivity (Wildman–Crippen MR) is 159 cm³/mol. The molecular formula is C33H33NO6S. The van der Waals surface area contributed by atoms with Crippen molar-refractivity contribution in [1.82, 2.24) is 0 Å². The molecule has 0 radical (unpaired) electrons. The normalized spacial score (nSPS) is 11.9. The molecule has 0 saturated carbocycles. The quantitative estimate of drug-likeness (QED) is 0.185. The molecule has 0 aromatic heterocycles. The molecule has 0 bridgehead atoms. The van der Waals surface area contributed by atoms with Crippen molar-refractivity contribution < 1.29 is 27.5 Å². The summed E-state index contributed by atoms with van der Waals surface area (Å²) in [6, 6.07) is 29.9. The molecule has 8 heteroatoms. The second-order valence-electron chi connectivity index (χ2n) is 9.65. The first kappa shape index (κ1) is 29.6. The van der Waals surface area contributed by atoms with Gasteiger partial charge < -0.3 is 14.8 Å². The van der Waals surface area contributed by atoms with Crippen molar-refractivity contribution in [3.63, 3.8) is 0 Å². The lowest BCUT2D eigenvalue weighted by Crippen LogP contribution is -2.18. The number of amides is 1. The van der Waals surface area contributed by atoms with Crippen LogP contribution in [-0.2, 0) is 19.4 Å². The van der Waals surface area contributed by atoms with Crippen LogP contribution in [-0.4, -0.2) is 32.7 Å². The van der Waals surface area contributed by atoms with E-state index in [9.17, 15) is 18.0 Å². The molecule has 4 rings (SSSR count). The monoisotopic (exact) mass is 571 g/mol. The molecule has 0 aliphatic heterocycles. The third kappa shape index (κ3) is 8.53. The van der Waals surface area contributed by atoms with Gasteiger partial charge in [0.05, 0.1) is 22.8 Å². The Morgan fingerprint density at radius 2 is 1.44 bits per heavy atom. The summed E-state index contributed by atoms with van der Waals surface area (Å²) in [6.45, 7) is 3.99. The van der Waals surface area contributed by atoms with E-state index in [0.717, 1.165) is 11.1 Å². The number of hydrogen-bond donors (Lipinski definition) is 1. The van der Waals surface area contributed by atoms with Crippen molar-refractivity contribution in [3.05, 3.63) is 120 Å². The summed E-state index contributed by atoms with van der Waals surface area (Å²) in [7, 11) is -3.60. The molecule has 0 saturated heterocycles. The SMILES string of the molecule is CCOC(=O)c1ccc(NC(=O)CC(CCS(=O)(=O)c2ccc(Oc3ccccc3)cc2)c2ccc(C)cc2)cc1. The highest BCUT2D eigenvalue weighted by atomic mass is 32.2. The van der Waals surface area contributed by atoms with Crippen LogP contribution in [0.15, 0.2) is 108 Å². The Balaban J connectivity index is 1.42. The fourth-order valence-corrected chi connectivity index (χ4v) is 5.70. The molecule has 1 amide bonds. The minimum atomic E-state index is -3.60. The van der Waals surface area contributed by atoms with Crippen molar-refractivity contribution in [2.75, 3.05) is 17.7 Å². The summed E-state index contributed by atoms with van der Waals surface area (Å²) in [5, 5.41) is 2.85. The molecule has 0 spiro atoms. The van der Waals surface area contributed by atoms with Crippen molar-refractivity contribution >= 4 is 27.4 Å². The molecule has 0 fully saturated rings. The zero-order valence-electron chi connectivity index (χ0n) is 23.1. The van der Waals surface area contributed by atoms with E-state index in [2.05, 4.69) is 5.32 Å². The molecule has 4 aromatic carbocycles. The van der Waals surface area contributed by atoms with Gasteiger partial charge in [0, 0.05) is 12.1 Å². The number of nitrogens with one attached hydrogen (secondary N) is 1. The van der Waals surface area contributed by atoms with Gasteiger partial charge in [0.1, 0.15) is 11.5 Å². The summed E-state index contributed by atoms with van der Waals surface area (Å²) < 4.78 is 37.2. The number of rotatable bonds is 12. The molecule has 4 aromatic rings. The standard InChI is InChI=1S/C33H33NO6S/c1-3-39-33(36)26-13-15-28(16-14-26)34-32(35)23-27(25-11-9-24(2)10-12-25)21-22-41(37,38)31-19-17-30(18-20-31)40-29-7-5-4-6-8-29/h4-20,27H,3,21-23H2,1-2H3,(H,34,35). The number of hydrogen-bond acceptors (Lipinski definition) is 6. The second kappa shape index (κ2) is 13.8. The molecule has 212 valence electrons. The first-order valence-electron chi connectivity index (χ1n) is 13.4. The molecule has 0 heterocycles. The maximum atomic E-state index is 13.2. The number of ether oxygens (including phenoxy) is 2. The number of para-hydroxylation sites is 1. The van der Waals surface area contributed by atoms with Crippen molar-refractivity contribution in [3.8, 4) is 11.5 Å². The lowest BCUT2D eigenvalue weighted by Gasteiger charge is -2.18. The third-order valence-electron chi connectivity index (χ3n) is 6.56. The largest absolute Gasteiger partial charge is 0.462 e. The van der Waals surface area contributed by atoms with Crippen LogP contribution in [0, 0.1) is 6.92 Å². The van der Waals surface area contributed by atoms with E-state index in [1.165, 1.54) is 0 Å². The number of carbonyl (C=O) groups is 2. The molecule has 7 nitrogen and oxygen atoms in total. The highest BCUT2D eigenvalue weighted by molar-refractivity contribution is 7.91.